The molecule has 0 aliphatic carbocycles. The van der Waals surface area contributed by atoms with E-state index in [1.807, 2.05) is 25.1 Å². The van der Waals surface area contributed by atoms with Crippen LogP contribution in [0.3, 0.4) is 0 Å². The van der Waals surface area contributed by atoms with Gasteiger partial charge in [0.15, 0.2) is 5.60 Å². The summed E-state index contributed by atoms with van der Waals surface area (Å²) in [4.78, 5) is 12.7. The maximum atomic E-state index is 12.7. The molecule has 5 nitrogen and oxygen atoms in total. The first-order chi connectivity index (χ1) is 12.5. The van der Waals surface area contributed by atoms with Crippen molar-refractivity contribution >= 4 is 5.97 Å². The first kappa shape index (κ1) is 14.8. The number of aromatic hydroxyl groups is 2. The van der Waals surface area contributed by atoms with Crippen LogP contribution in [0.25, 0.3) is 0 Å². The first-order valence-corrected chi connectivity index (χ1v) is 8.18. The Morgan fingerprint density at radius 2 is 1.38 bits per heavy atom. The topological polar surface area (TPSA) is 76.0 Å². The van der Waals surface area contributed by atoms with Crippen LogP contribution in [-0.2, 0) is 10.3 Å². The minimum absolute atomic E-state index is 0.0379. The molecule has 0 radical (unpaired) electrons. The predicted octanol–water partition coefficient (Wildman–Crippen LogP) is 3.97. The van der Waals surface area contributed by atoms with Gasteiger partial charge in [-0.25, -0.2) is 4.79 Å². The standard InChI is InChI=1S/C21H14O5/c1-11-2-5-15-14(8-11)20(24)26-21(15)16-6-3-12(22)9-18(16)25-19-10-13(23)4-7-17(19)21/h2-10,22-23H,1H3. The van der Waals surface area contributed by atoms with Gasteiger partial charge in [0.1, 0.15) is 23.0 Å². The van der Waals surface area contributed by atoms with E-state index < -0.39 is 11.6 Å². The Balaban J connectivity index is 1.90. The van der Waals surface area contributed by atoms with E-state index in [-0.39, 0.29) is 11.5 Å². The van der Waals surface area contributed by atoms with Crippen molar-refractivity contribution < 1.29 is 24.5 Å². The van der Waals surface area contributed by atoms with Gasteiger partial charge >= 0.3 is 5.97 Å². The van der Waals surface area contributed by atoms with E-state index in [1.165, 1.54) is 24.3 Å². The lowest BCUT2D eigenvalue weighted by Gasteiger charge is -2.36. The van der Waals surface area contributed by atoms with Gasteiger partial charge in [0.25, 0.3) is 0 Å². The Hall–Kier alpha value is -3.47. The van der Waals surface area contributed by atoms with Crippen molar-refractivity contribution in [3.05, 3.63) is 82.4 Å². The Kier molecular flexibility index (Phi) is 2.73. The van der Waals surface area contributed by atoms with Crippen molar-refractivity contribution in [1.82, 2.24) is 0 Å². The molecule has 3 aromatic carbocycles. The fraction of sp³-hybridized carbons (Fsp3) is 0.0952. The van der Waals surface area contributed by atoms with Crippen LogP contribution in [0.4, 0.5) is 0 Å². The molecule has 0 amide bonds. The van der Waals surface area contributed by atoms with Crippen molar-refractivity contribution in [2.24, 2.45) is 0 Å². The number of ether oxygens (including phenoxy) is 2. The molecule has 0 fully saturated rings. The predicted molar refractivity (Wildman–Crippen MR) is 92.8 cm³/mol. The lowest BCUT2D eigenvalue weighted by molar-refractivity contribution is 0.0224. The van der Waals surface area contributed by atoms with Gasteiger partial charge in [-0.05, 0) is 37.3 Å². The largest absolute Gasteiger partial charge is 0.508 e. The second kappa shape index (κ2) is 4.79. The highest BCUT2D eigenvalue weighted by atomic mass is 16.6. The molecule has 1 spiro atoms. The molecule has 0 unspecified atom stereocenters. The van der Waals surface area contributed by atoms with E-state index in [4.69, 9.17) is 9.47 Å². The number of esters is 1. The number of hydrogen-bond acceptors (Lipinski definition) is 5. The number of hydrogen-bond donors (Lipinski definition) is 2. The van der Waals surface area contributed by atoms with Crippen molar-refractivity contribution in [1.29, 1.82) is 0 Å². The van der Waals surface area contributed by atoms with E-state index in [1.54, 1.807) is 12.1 Å². The number of rotatable bonds is 0. The molecule has 5 heteroatoms. The van der Waals surface area contributed by atoms with Gasteiger partial charge in [0, 0.05) is 28.8 Å². The fourth-order valence-corrected chi connectivity index (χ4v) is 3.82. The molecule has 2 aliphatic rings. The minimum atomic E-state index is -1.18. The molecule has 0 atom stereocenters. The average Bonchev–Trinajstić information content (AvgIpc) is 2.87. The summed E-state index contributed by atoms with van der Waals surface area (Å²) < 4.78 is 11.9. The highest BCUT2D eigenvalue weighted by Crippen LogP contribution is 2.56. The smallest absolute Gasteiger partial charge is 0.340 e. The average molecular weight is 346 g/mol. The van der Waals surface area contributed by atoms with Crippen LogP contribution >= 0.6 is 0 Å². The van der Waals surface area contributed by atoms with E-state index in [9.17, 15) is 15.0 Å². The number of phenols is 2. The summed E-state index contributed by atoms with van der Waals surface area (Å²) in [6, 6.07) is 15.0. The molecule has 5 rings (SSSR count). The molecule has 128 valence electrons. The van der Waals surface area contributed by atoms with E-state index in [0.717, 1.165) is 11.1 Å². The second-order valence-electron chi connectivity index (χ2n) is 6.58. The van der Waals surface area contributed by atoms with Gasteiger partial charge in [0.05, 0.1) is 5.56 Å². The summed E-state index contributed by atoms with van der Waals surface area (Å²) in [6.07, 6.45) is 0. The number of fused-ring (bicyclic) bond motifs is 6. The number of carbonyl (C=O) groups is 1. The Morgan fingerprint density at radius 1 is 0.808 bits per heavy atom. The highest BCUT2D eigenvalue weighted by molar-refractivity contribution is 5.97. The quantitative estimate of drug-likeness (QED) is 0.602. The summed E-state index contributed by atoms with van der Waals surface area (Å²) in [6.45, 7) is 1.92. The zero-order valence-corrected chi connectivity index (χ0v) is 13.8. The third kappa shape index (κ3) is 1.77. The minimum Gasteiger partial charge on any atom is -0.508 e. The van der Waals surface area contributed by atoms with E-state index in [0.29, 0.717) is 28.2 Å². The summed E-state index contributed by atoms with van der Waals surface area (Å²) >= 11 is 0. The zero-order valence-electron chi connectivity index (χ0n) is 13.8. The Labute approximate surface area is 149 Å². The van der Waals surface area contributed by atoms with Gasteiger partial charge in [-0.2, -0.15) is 0 Å². The van der Waals surface area contributed by atoms with E-state index in [2.05, 4.69) is 0 Å². The Morgan fingerprint density at radius 3 is 2.00 bits per heavy atom. The van der Waals surface area contributed by atoms with Crippen LogP contribution in [0.1, 0.15) is 32.6 Å². The molecule has 0 bridgehead atoms. The summed E-state index contributed by atoms with van der Waals surface area (Å²) in [5.41, 5.74) is 2.26. The number of carbonyl (C=O) groups excluding carboxylic acids is 1. The van der Waals surface area contributed by atoms with Crippen LogP contribution in [0.2, 0.25) is 0 Å². The number of benzene rings is 3. The number of aryl methyl sites for hydroxylation is 1. The van der Waals surface area contributed by atoms with Gasteiger partial charge in [-0.15, -0.1) is 0 Å². The van der Waals surface area contributed by atoms with Crippen molar-refractivity contribution in [3.63, 3.8) is 0 Å². The van der Waals surface area contributed by atoms with Crippen LogP contribution in [0.15, 0.2) is 54.6 Å². The monoisotopic (exact) mass is 346 g/mol. The molecule has 0 saturated heterocycles. The fourth-order valence-electron chi connectivity index (χ4n) is 3.82. The van der Waals surface area contributed by atoms with Crippen LogP contribution < -0.4 is 4.74 Å². The van der Waals surface area contributed by atoms with Gasteiger partial charge in [0.2, 0.25) is 0 Å². The summed E-state index contributed by atoms with van der Waals surface area (Å²) in [5, 5.41) is 19.7. The molecule has 26 heavy (non-hydrogen) atoms. The molecule has 0 aromatic heterocycles. The normalized spacial score (nSPS) is 15.7. The lowest BCUT2D eigenvalue weighted by Crippen LogP contribution is -2.32. The van der Waals surface area contributed by atoms with Gasteiger partial charge in [-0.3, -0.25) is 0 Å². The van der Waals surface area contributed by atoms with Gasteiger partial charge < -0.3 is 19.7 Å². The molecule has 3 aromatic rings. The molecular weight excluding hydrogens is 332 g/mol. The second-order valence-corrected chi connectivity index (χ2v) is 6.58. The molecular formula is C21H14O5. The molecule has 2 N–H and O–H groups in total. The zero-order chi connectivity index (χ0) is 18.1. The van der Waals surface area contributed by atoms with Crippen LogP contribution in [0, 0.1) is 6.92 Å². The third-order valence-corrected chi connectivity index (χ3v) is 4.93. The summed E-state index contributed by atoms with van der Waals surface area (Å²) in [5.74, 6) is 0.421. The Bertz CT molecular complexity index is 1050. The number of phenolic OH excluding ortho intramolecular Hbond substituents is 2. The molecule has 2 aliphatic heterocycles. The van der Waals surface area contributed by atoms with Crippen LogP contribution in [-0.4, -0.2) is 16.2 Å². The maximum Gasteiger partial charge on any atom is 0.340 e. The lowest BCUT2D eigenvalue weighted by atomic mass is 9.77. The molecule has 0 saturated carbocycles. The maximum absolute atomic E-state index is 12.7. The SMILES string of the molecule is Cc1ccc2c(c1)C(=O)OC21c2ccc(O)cc2Oc2cc(O)ccc21. The highest BCUT2D eigenvalue weighted by Gasteiger charge is 2.53. The molecule has 2 heterocycles. The van der Waals surface area contributed by atoms with E-state index >= 15 is 0 Å². The first-order valence-electron chi connectivity index (χ1n) is 8.18. The third-order valence-electron chi connectivity index (χ3n) is 4.93. The van der Waals surface area contributed by atoms with Gasteiger partial charge in [-0.1, -0.05) is 17.7 Å². The van der Waals surface area contributed by atoms with Crippen molar-refractivity contribution in [3.8, 4) is 23.0 Å². The van der Waals surface area contributed by atoms with Crippen molar-refractivity contribution in [2.45, 2.75) is 12.5 Å². The van der Waals surface area contributed by atoms with Crippen LogP contribution in [0.5, 0.6) is 23.0 Å². The summed E-state index contributed by atoms with van der Waals surface area (Å²) in [7, 11) is 0. The van der Waals surface area contributed by atoms with Crippen molar-refractivity contribution in [2.75, 3.05) is 0 Å².